The molecular weight excluding hydrogens is 168 g/mol. The van der Waals surface area contributed by atoms with Crippen molar-refractivity contribution in [2.45, 2.75) is 6.92 Å². The van der Waals surface area contributed by atoms with Crippen molar-refractivity contribution in [2.24, 2.45) is 0 Å². The highest BCUT2D eigenvalue weighted by molar-refractivity contribution is 5.92. The molecule has 66 valence electrons. The van der Waals surface area contributed by atoms with E-state index in [2.05, 4.69) is 19.9 Å². The lowest BCUT2D eigenvalue weighted by Crippen LogP contribution is -1.91. The molecule has 0 aromatic carbocycles. The van der Waals surface area contributed by atoms with E-state index in [0.29, 0.717) is 17.3 Å². The van der Waals surface area contributed by atoms with Crippen LogP contribution < -0.4 is 0 Å². The number of aromatic nitrogens is 4. The molecule has 5 heteroatoms. The van der Waals surface area contributed by atoms with Gasteiger partial charge in [-0.25, -0.2) is 9.97 Å². The van der Waals surface area contributed by atoms with Gasteiger partial charge in [0.25, 0.3) is 0 Å². The molecule has 0 radical (unpaired) electrons. The van der Waals surface area contributed by atoms with Gasteiger partial charge in [0, 0.05) is 19.3 Å². The van der Waals surface area contributed by atoms with Crippen LogP contribution >= 0.6 is 0 Å². The smallest absolute Gasteiger partial charge is 0.177 e. The maximum atomic E-state index is 10.9. The van der Waals surface area contributed by atoms with Crippen molar-refractivity contribution in [2.75, 3.05) is 0 Å². The highest BCUT2D eigenvalue weighted by Crippen LogP contribution is 2.09. The maximum Gasteiger partial charge on any atom is 0.177 e. The molecule has 0 saturated carbocycles. The van der Waals surface area contributed by atoms with Crippen LogP contribution in [0.2, 0.25) is 0 Å². The molecular formula is C8H8N4O. The second-order valence-corrected chi connectivity index (χ2v) is 2.64. The predicted octanol–water partition coefficient (Wildman–Crippen LogP) is 1.00. The molecule has 13 heavy (non-hydrogen) atoms. The summed E-state index contributed by atoms with van der Waals surface area (Å²) in [5, 5.41) is 0. The van der Waals surface area contributed by atoms with Gasteiger partial charge in [-0.1, -0.05) is 0 Å². The van der Waals surface area contributed by atoms with Crippen molar-refractivity contribution in [3.05, 3.63) is 24.3 Å². The van der Waals surface area contributed by atoms with E-state index in [1.54, 1.807) is 12.4 Å². The Morgan fingerprint density at radius 3 is 2.77 bits per heavy atom. The number of Topliss-reactive ketones (excluding diaryl/α,β-unsaturated/α-hetero) is 1. The number of H-pyrrole nitrogens is 2. The molecule has 0 amide bonds. The fourth-order valence-electron chi connectivity index (χ4n) is 1.02. The fourth-order valence-corrected chi connectivity index (χ4v) is 1.02. The van der Waals surface area contributed by atoms with Crippen LogP contribution in [-0.4, -0.2) is 25.7 Å². The molecule has 2 aromatic heterocycles. The SMILES string of the molecule is CC(=O)c1cnc(-c2ncc[nH]2)[nH]1. The summed E-state index contributed by atoms with van der Waals surface area (Å²) in [4.78, 5) is 24.7. The van der Waals surface area contributed by atoms with E-state index in [0.717, 1.165) is 0 Å². The van der Waals surface area contributed by atoms with E-state index in [9.17, 15) is 4.79 Å². The van der Waals surface area contributed by atoms with Crippen LogP contribution in [0, 0.1) is 0 Å². The number of aromatic amines is 2. The first-order valence-corrected chi connectivity index (χ1v) is 3.83. The third-order valence-corrected chi connectivity index (χ3v) is 1.68. The van der Waals surface area contributed by atoms with Crippen molar-refractivity contribution in [1.82, 2.24) is 19.9 Å². The van der Waals surface area contributed by atoms with E-state index in [-0.39, 0.29) is 5.78 Å². The molecule has 0 aliphatic rings. The first kappa shape index (κ1) is 7.72. The lowest BCUT2D eigenvalue weighted by molar-refractivity contribution is 0.101. The van der Waals surface area contributed by atoms with Crippen molar-refractivity contribution < 1.29 is 4.79 Å². The Balaban J connectivity index is 2.39. The molecule has 0 aliphatic carbocycles. The molecule has 2 rings (SSSR count). The largest absolute Gasteiger partial charge is 0.342 e. The van der Waals surface area contributed by atoms with Gasteiger partial charge in [-0.15, -0.1) is 0 Å². The number of nitrogens with zero attached hydrogens (tertiary/aromatic N) is 2. The van der Waals surface area contributed by atoms with E-state index in [4.69, 9.17) is 0 Å². The number of rotatable bonds is 2. The minimum absolute atomic E-state index is 0.0368. The average Bonchev–Trinajstić information content (AvgIpc) is 2.75. The van der Waals surface area contributed by atoms with Gasteiger partial charge < -0.3 is 9.97 Å². The van der Waals surface area contributed by atoms with E-state index in [1.165, 1.54) is 13.1 Å². The van der Waals surface area contributed by atoms with E-state index < -0.39 is 0 Å². The Kier molecular flexibility index (Phi) is 1.70. The molecule has 0 aliphatic heterocycles. The molecule has 2 heterocycles. The highest BCUT2D eigenvalue weighted by Gasteiger charge is 2.07. The first-order chi connectivity index (χ1) is 6.27. The van der Waals surface area contributed by atoms with Gasteiger partial charge >= 0.3 is 0 Å². The summed E-state index contributed by atoms with van der Waals surface area (Å²) in [7, 11) is 0. The van der Waals surface area contributed by atoms with Crippen LogP contribution in [0.15, 0.2) is 18.6 Å². The molecule has 2 N–H and O–H groups in total. The summed E-state index contributed by atoms with van der Waals surface area (Å²) >= 11 is 0. The predicted molar refractivity (Wildman–Crippen MR) is 46.2 cm³/mol. The lowest BCUT2D eigenvalue weighted by atomic mass is 10.3. The molecule has 0 atom stereocenters. The monoisotopic (exact) mass is 176 g/mol. The zero-order chi connectivity index (χ0) is 9.26. The van der Waals surface area contributed by atoms with Gasteiger partial charge in [0.05, 0.1) is 6.20 Å². The normalized spacial score (nSPS) is 10.2. The first-order valence-electron chi connectivity index (χ1n) is 3.83. The number of imidazole rings is 2. The minimum Gasteiger partial charge on any atom is -0.342 e. The fraction of sp³-hybridized carbons (Fsp3) is 0.125. The quantitative estimate of drug-likeness (QED) is 0.670. The standard InChI is InChI=1S/C8H8N4O/c1-5(13)6-4-11-8(12-6)7-9-2-3-10-7/h2-4H,1H3,(H,9,10)(H,11,12). The summed E-state index contributed by atoms with van der Waals surface area (Å²) in [5.74, 6) is 1.17. The molecule has 0 fully saturated rings. The topological polar surface area (TPSA) is 74.4 Å². The molecule has 0 bridgehead atoms. The van der Waals surface area contributed by atoms with Crippen molar-refractivity contribution in [3.8, 4) is 11.6 Å². The van der Waals surface area contributed by atoms with E-state index in [1.807, 2.05) is 0 Å². The van der Waals surface area contributed by atoms with Gasteiger partial charge in [0.15, 0.2) is 17.4 Å². The zero-order valence-corrected chi connectivity index (χ0v) is 7.03. The summed E-state index contributed by atoms with van der Waals surface area (Å²) in [5.41, 5.74) is 0.492. The zero-order valence-electron chi connectivity index (χ0n) is 7.03. The average molecular weight is 176 g/mol. The van der Waals surface area contributed by atoms with Crippen LogP contribution in [0.4, 0.5) is 0 Å². The summed E-state index contributed by atoms with van der Waals surface area (Å²) in [6.07, 6.45) is 4.83. The molecule has 2 aromatic rings. The Bertz CT molecular complexity index is 415. The number of carbonyl (C=O) groups is 1. The van der Waals surface area contributed by atoms with Crippen LogP contribution in [0.1, 0.15) is 17.4 Å². The summed E-state index contributed by atoms with van der Waals surface area (Å²) in [6.45, 7) is 1.49. The van der Waals surface area contributed by atoms with Crippen molar-refractivity contribution in [1.29, 1.82) is 0 Å². The number of hydrogen-bond donors (Lipinski definition) is 2. The van der Waals surface area contributed by atoms with Crippen LogP contribution in [-0.2, 0) is 0 Å². The molecule has 0 saturated heterocycles. The van der Waals surface area contributed by atoms with Crippen LogP contribution in [0.25, 0.3) is 11.6 Å². The molecule has 0 spiro atoms. The number of carbonyl (C=O) groups excluding carboxylic acids is 1. The van der Waals surface area contributed by atoms with Gasteiger partial charge in [-0.2, -0.15) is 0 Å². The Morgan fingerprint density at radius 1 is 1.38 bits per heavy atom. The van der Waals surface area contributed by atoms with E-state index >= 15 is 0 Å². The van der Waals surface area contributed by atoms with Gasteiger partial charge in [-0.3, -0.25) is 4.79 Å². The second kappa shape index (κ2) is 2.85. The number of hydrogen-bond acceptors (Lipinski definition) is 3. The van der Waals surface area contributed by atoms with Crippen LogP contribution in [0.5, 0.6) is 0 Å². The third-order valence-electron chi connectivity index (χ3n) is 1.68. The molecule has 5 nitrogen and oxygen atoms in total. The Hall–Kier alpha value is -1.91. The summed E-state index contributed by atoms with van der Waals surface area (Å²) in [6, 6.07) is 0. The maximum absolute atomic E-state index is 10.9. The molecule has 0 unspecified atom stereocenters. The minimum atomic E-state index is -0.0368. The second-order valence-electron chi connectivity index (χ2n) is 2.64. The van der Waals surface area contributed by atoms with Gasteiger partial charge in [0.1, 0.15) is 5.69 Å². The summed E-state index contributed by atoms with van der Waals surface area (Å²) < 4.78 is 0. The Morgan fingerprint density at radius 2 is 2.23 bits per heavy atom. The van der Waals surface area contributed by atoms with Gasteiger partial charge in [-0.05, 0) is 0 Å². The number of nitrogens with one attached hydrogen (secondary N) is 2. The third kappa shape index (κ3) is 1.35. The number of ketones is 1. The van der Waals surface area contributed by atoms with Gasteiger partial charge in [0.2, 0.25) is 0 Å². The van der Waals surface area contributed by atoms with Crippen molar-refractivity contribution >= 4 is 5.78 Å². The lowest BCUT2D eigenvalue weighted by Gasteiger charge is -1.88. The highest BCUT2D eigenvalue weighted by atomic mass is 16.1. The van der Waals surface area contributed by atoms with Crippen molar-refractivity contribution in [3.63, 3.8) is 0 Å². The Labute approximate surface area is 74.2 Å². The van der Waals surface area contributed by atoms with Crippen LogP contribution in [0.3, 0.4) is 0 Å².